The molecule has 22 heavy (non-hydrogen) atoms. The lowest BCUT2D eigenvalue weighted by atomic mass is 10.1. The van der Waals surface area contributed by atoms with Gasteiger partial charge in [-0.1, -0.05) is 13.3 Å². The fourth-order valence-corrected chi connectivity index (χ4v) is 5.06. The fraction of sp³-hybridized carbons (Fsp3) is 0.533. The highest BCUT2D eigenvalue weighted by molar-refractivity contribution is 14.1. The predicted molar refractivity (Wildman–Crippen MR) is 92.1 cm³/mol. The number of hydrogen-bond acceptors (Lipinski definition) is 3. The van der Waals surface area contributed by atoms with Gasteiger partial charge in [0.15, 0.2) is 9.84 Å². The summed E-state index contributed by atoms with van der Waals surface area (Å²) in [6.45, 7) is 2.55. The molecule has 0 aromatic heterocycles. The van der Waals surface area contributed by atoms with E-state index in [1.54, 1.807) is 4.90 Å². The third kappa shape index (κ3) is 4.18. The molecule has 1 aliphatic heterocycles. The van der Waals surface area contributed by atoms with Crippen LogP contribution in [0.1, 0.15) is 36.5 Å². The second-order valence-corrected chi connectivity index (χ2v) is 8.92. The highest BCUT2D eigenvalue weighted by Gasteiger charge is 2.35. The smallest absolute Gasteiger partial charge is 0.255 e. The van der Waals surface area contributed by atoms with Gasteiger partial charge >= 0.3 is 0 Å². The van der Waals surface area contributed by atoms with Gasteiger partial charge in [-0.2, -0.15) is 0 Å². The molecule has 1 amide bonds. The van der Waals surface area contributed by atoms with E-state index in [0.717, 1.165) is 12.8 Å². The van der Waals surface area contributed by atoms with Crippen molar-refractivity contribution in [1.82, 2.24) is 4.90 Å². The van der Waals surface area contributed by atoms with E-state index >= 15 is 0 Å². The van der Waals surface area contributed by atoms with E-state index in [0.29, 0.717) is 22.1 Å². The molecule has 1 aliphatic rings. The van der Waals surface area contributed by atoms with Crippen LogP contribution in [0.15, 0.2) is 18.2 Å². The zero-order valence-electron chi connectivity index (χ0n) is 12.4. The van der Waals surface area contributed by atoms with Gasteiger partial charge in [0, 0.05) is 16.2 Å². The third-order valence-corrected chi connectivity index (χ3v) is 6.47. The maximum absolute atomic E-state index is 13.2. The number of rotatable bonds is 5. The average molecular weight is 439 g/mol. The number of carbonyl (C=O) groups is 1. The molecular formula is C15H19FINO3S. The van der Waals surface area contributed by atoms with E-state index < -0.39 is 9.84 Å². The van der Waals surface area contributed by atoms with Crippen LogP contribution in [0.2, 0.25) is 0 Å². The lowest BCUT2D eigenvalue weighted by Gasteiger charge is -2.28. The molecule has 122 valence electrons. The largest absolute Gasteiger partial charge is 0.335 e. The lowest BCUT2D eigenvalue weighted by molar-refractivity contribution is 0.0693. The van der Waals surface area contributed by atoms with Crippen molar-refractivity contribution in [3.05, 3.63) is 33.1 Å². The first kappa shape index (κ1) is 17.7. The van der Waals surface area contributed by atoms with Crippen molar-refractivity contribution in [3.63, 3.8) is 0 Å². The molecule has 1 heterocycles. The van der Waals surface area contributed by atoms with Crippen LogP contribution >= 0.6 is 22.6 Å². The van der Waals surface area contributed by atoms with Crippen molar-refractivity contribution in [2.45, 2.75) is 32.2 Å². The Morgan fingerprint density at radius 3 is 2.73 bits per heavy atom. The monoisotopic (exact) mass is 439 g/mol. The first-order valence-electron chi connectivity index (χ1n) is 7.30. The Bertz CT molecular complexity index is 663. The van der Waals surface area contributed by atoms with Gasteiger partial charge in [0.1, 0.15) is 5.82 Å². The third-order valence-electron chi connectivity index (χ3n) is 3.82. The van der Waals surface area contributed by atoms with Crippen LogP contribution in [-0.4, -0.2) is 43.3 Å². The summed E-state index contributed by atoms with van der Waals surface area (Å²) in [5.74, 6) is -0.432. The van der Waals surface area contributed by atoms with Gasteiger partial charge < -0.3 is 4.90 Å². The van der Waals surface area contributed by atoms with Crippen LogP contribution in [0, 0.1) is 9.39 Å². The van der Waals surface area contributed by atoms with Crippen molar-refractivity contribution in [3.8, 4) is 0 Å². The molecule has 0 spiro atoms. The molecule has 1 aromatic carbocycles. The Morgan fingerprint density at radius 2 is 2.18 bits per heavy atom. The molecule has 0 N–H and O–H groups in total. The van der Waals surface area contributed by atoms with Gasteiger partial charge in [-0.05, 0) is 53.6 Å². The summed E-state index contributed by atoms with van der Waals surface area (Å²) in [5.41, 5.74) is 0.433. The summed E-state index contributed by atoms with van der Waals surface area (Å²) in [6.07, 6.45) is 2.22. The van der Waals surface area contributed by atoms with Gasteiger partial charge in [-0.15, -0.1) is 0 Å². The van der Waals surface area contributed by atoms with Gasteiger partial charge in [0.2, 0.25) is 0 Å². The van der Waals surface area contributed by atoms with E-state index in [1.165, 1.54) is 18.2 Å². The van der Waals surface area contributed by atoms with Crippen LogP contribution in [0.4, 0.5) is 4.39 Å². The van der Waals surface area contributed by atoms with Gasteiger partial charge in [0.05, 0.1) is 17.1 Å². The Hall–Kier alpha value is -0.700. The number of amides is 1. The topological polar surface area (TPSA) is 54.5 Å². The molecular weight excluding hydrogens is 420 g/mol. The van der Waals surface area contributed by atoms with Crippen molar-refractivity contribution in [1.29, 1.82) is 0 Å². The van der Waals surface area contributed by atoms with Gasteiger partial charge in [-0.25, -0.2) is 12.8 Å². The standard InChI is InChI=1S/C15H19FINO3S/c1-2-3-7-18(12-6-8-22(20,21)10-12)15(19)13-5-4-11(16)9-14(13)17/h4-5,9,12H,2-3,6-8,10H2,1H3. The average Bonchev–Trinajstić information content (AvgIpc) is 2.79. The van der Waals surface area contributed by atoms with Gasteiger partial charge in [0.25, 0.3) is 5.91 Å². The molecule has 2 rings (SSSR count). The maximum Gasteiger partial charge on any atom is 0.255 e. The second-order valence-electron chi connectivity index (χ2n) is 5.53. The zero-order chi connectivity index (χ0) is 16.3. The summed E-state index contributed by atoms with van der Waals surface area (Å²) in [6, 6.07) is 3.78. The quantitative estimate of drug-likeness (QED) is 0.664. The summed E-state index contributed by atoms with van der Waals surface area (Å²) < 4.78 is 37.2. The van der Waals surface area contributed by atoms with Crippen molar-refractivity contribution in [2.75, 3.05) is 18.1 Å². The molecule has 1 saturated heterocycles. The summed E-state index contributed by atoms with van der Waals surface area (Å²) in [4.78, 5) is 14.4. The van der Waals surface area contributed by atoms with Crippen molar-refractivity contribution < 1.29 is 17.6 Å². The highest BCUT2D eigenvalue weighted by atomic mass is 127. The van der Waals surface area contributed by atoms with Crippen LogP contribution in [-0.2, 0) is 9.84 Å². The van der Waals surface area contributed by atoms with E-state index in [1.807, 2.05) is 29.5 Å². The minimum Gasteiger partial charge on any atom is -0.335 e. The molecule has 0 saturated carbocycles. The summed E-state index contributed by atoms with van der Waals surface area (Å²) in [5, 5.41) is 0. The van der Waals surface area contributed by atoms with Crippen molar-refractivity contribution in [2.24, 2.45) is 0 Å². The minimum absolute atomic E-state index is 0.0280. The Labute approximate surface area is 144 Å². The number of benzene rings is 1. The zero-order valence-corrected chi connectivity index (χ0v) is 15.4. The van der Waals surface area contributed by atoms with Crippen LogP contribution < -0.4 is 0 Å². The SMILES string of the molecule is CCCCN(C(=O)c1ccc(F)cc1I)C1CCS(=O)(=O)C1. The molecule has 0 radical (unpaired) electrons. The molecule has 7 heteroatoms. The summed E-state index contributed by atoms with van der Waals surface area (Å²) in [7, 11) is -3.05. The van der Waals surface area contributed by atoms with Crippen LogP contribution in [0.5, 0.6) is 0 Å². The molecule has 1 atom stereocenters. The van der Waals surface area contributed by atoms with Gasteiger partial charge in [-0.3, -0.25) is 4.79 Å². The Kier molecular flexibility index (Phi) is 5.81. The molecule has 0 aliphatic carbocycles. The van der Waals surface area contributed by atoms with Crippen molar-refractivity contribution >= 4 is 38.3 Å². The normalized spacial score (nSPS) is 20.0. The predicted octanol–water partition coefficient (Wildman–Crippen LogP) is 2.86. The fourth-order valence-electron chi connectivity index (χ4n) is 2.62. The van der Waals surface area contributed by atoms with E-state index in [4.69, 9.17) is 0 Å². The number of sulfone groups is 1. The first-order valence-corrected chi connectivity index (χ1v) is 10.2. The molecule has 1 fully saturated rings. The number of carbonyl (C=O) groups excluding carboxylic acids is 1. The molecule has 1 unspecified atom stereocenters. The summed E-state index contributed by atoms with van der Waals surface area (Å²) >= 11 is 1.94. The second kappa shape index (κ2) is 7.25. The molecule has 4 nitrogen and oxygen atoms in total. The number of halogens is 2. The van der Waals surface area contributed by atoms with Crippen LogP contribution in [0.3, 0.4) is 0 Å². The Balaban J connectivity index is 2.26. The van der Waals surface area contributed by atoms with E-state index in [2.05, 4.69) is 0 Å². The first-order chi connectivity index (χ1) is 10.3. The Morgan fingerprint density at radius 1 is 1.45 bits per heavy atom. The maximum atomic E-state index is 13.2. The molecule has 0 bridgehead atoms. The van der Waals surface area contributed by atoms with E-state index in [-0.39, 0.29) is 29.3 Å². The highest BCUT2D eigenvalue weighted by Crippen LogP contribution is 2.23. The molecule has 1 aromatic rings. The lowest BCUT2D eigenvalue weighted by Crippen LogP contribution is -2.42. The van der Waals surface area contributed by atoms with E-state index in [9.17, 15) is 17.6 Å². The number of nitrogens with zero attached hydrogens (tertiary/aromatic N) is 1. The number of unbranched alkanes of at least 4 members (excludes halogenated alkanes) is 1. The number of hydrogen-bond donors (Lipinski definition) is 0. The van der Waals surface area contributed by atoms with Crippen LogP contribution in [0.25, 0.3) is 0 Å². The minimum atomic E-state index is -3.05.